The lowest BCUT2D eigenvalue weighted by Gasteiger charge is -2.46. The minimum atomic E-state index is -0.457. The Morgan fingerprint density at radius 1 is 0.459 bits per heavy atom. The van der Waals surface area contributed by atoms with Gasteiger partial charge >= 0.3 is 0 Å². The maximum absolute atomic E-state index is 5.37. The number of hydrogen-bond donors (Lipinski definition) is 0. The van der Waals surface area contributed by atoms with Crippen LogP contribution in [0.3, 0.4) is 0 Å². The van der Waals surface area contributed by atoms with Crippen molar-refractivity contribution in [3.05, 3.63) is 256 Å². The number of rotatable bonds is 5. The molecule has 0 saturated heterocycles. The van der Waals surface area contributed by atoms with Gasteiger partial charge in [-0.2, -0.15) is 0 Å². The second kappa shape index (κ2) is 14.4. The average Bonchev–Trinajstić information content (AvgIpc) is 3.62. The first-order chi connectivity index (χ1) is 30.0. The van der Waals surface area contributed by atoms with Crippen LogP contribution in [0.1, 0.15) is 70.8 Å². The third kappa shape index (κ3) is 5.70. The van der Waals surface area contributed by atoms with Crippen molar-refractivity contribution in [2.75, 3.05) is 0 Å². The fourth-order valence-corrected chi connectivity index (χ4v) is 10.4. The Balaban J connectivity index is 1.08. The maximum Gasteiger partial charge on any atom is 0.159 e. The molecule has 2 aliphatic carbocycles. The van der Waals surface area contributed by atoms with E-state index in [1.165, 1.54) is 71.6 Å². The van der Waals surface area contributed by atoms with Crippen molar-refractivity contribution in [1.29, 1.82) is 0 Å². The van der Waals surface area contributed by atoms with Crippen molar-refractivity contribution in [2.24, 2.45) is 9.98 Å². The van der Waals surface area contributed by atoms with Crippen LogP contribution in [-0.4, -0.2) is 12.1 Å². The Bertz CT molecular complexity index is 3240. The Morgan fingerprint density at radius 3 is 1.84 bits per heavy atom. The number of allylic oxidation sites excluding steroid dienone is 1. The zero-order valence-corrected chi connectivity index (χ0v) is 34.6. The summed E-state index contributed by atoms with van der Waals surface area (Å²) in [4.78, 5) is 10.5. The van der Waals surface area contributed by atoms with Gasteiger partial charge in [-0.05, 0) is 102 Å². The molecule has 2 aliphatic rings. The monoisotopic (exact) mass is 780 g/mol. The fraction of sp³-hybridized carbons (Fsp3) is 0.0847. The van der Waals surface area contributed by atoms with E-state index in [9.17, 15) is 0 Å². The summed E-state index contributed by atoms with van der Waals surface area (Å²) in [5, 5.41) is 4.91. The van der Waals surface area contributed by atoms with Gasteiger partial charge in [0.1, 0.15) is 0 Å². The van der Waals surface area contributed by atoms with Crippen LogP contribution in [-0.2, 0) is 10.8 Å². The molecule has 11 rings (SSSR count). The van der Waals surface area contributed by atoms with E-state index >= 15 is 0 Å². The van der Waals surface area contributed by atoms with Gasteiger partial charge in [0.05, 0.1) is 11.1 Å². The van der Waals surface area contributed by atoms with Gasteiger partial charge in [-0.1, -0.05) is 208 Å². The molecule has 2 nitrogen and oxygen atoms in total. The van der Waals surface area contributed by atoms with Crippen LogP contribution in [0, 0.1) is 0 Å². The molecule has 2 heteroatoms. The normalized spacial score (nSPS) is 14.9. The van der Waals surface area contributed by atoms with E-state index in [0.29, 0.717) is 5.84 Å². The van der Waals surface area contributed by atoms with E-state index in [2.05, 4.69) is 209 Å². The standard InChI is InChI=1S/C59H44N2/c1-4-55(43-34-35-46-42(36-43)33-32-40-20-8-9-23-45(40)46)61-57(60-38-39-18-6-5-7-19-39)44-22-16-21-41(37-44)47-25-17-31-54-56(47)48-24-10-11-26-49(48)59(54)52-29-14-12-27-50(52)58(2,3)51-28-13-15-30-53(51)59/h4-38H,1-3H3/b55-4+,60-38+,61-57-. The molecule has 9 aromatic carbocycles. The van der Waals surface area contributed by atoms with Crippen LogP contribution in [0.4, 0.5) is 0 Å². The number of benzene rings is 9. The summed E-state index contributed by atoms with van der Waals surface area (Å²) < 4.78 is 0. The van der Waals surface area contributed by atoms with Crippen LogP contribution in [0.25, 0.3) is 49.5 Å². The number of hydrogen-bond acceptors (Lipinski definition) is 1. The van der Waals surface area contributed by atoms with Crippen molar-refractivity contribution in [2.45, 2.75) is 31.6 Å². The fourth-order valence-electron chi connectivity index (χ4n) is 10.4. The quantitative estimate of drug-likeness (QED) is 0.0944. The summed E-state index contributed by atoms with van der Waals surface area (Å²) in [5.41, 5.74) is 16.3. The molecule has 0 atom stereocenters. The molecule has 61 heavy (non-hydrogen) atoms. The van der Waals surface area contributed by atoms with Crippen LogP contribution >= 0.6 is 0 Å². The summed E-state index contributed by atoms with van der Waals surface area (Å²) in [5.74, 6) is 0.652. The number of nitrogens with zero attached hydrogens (tertiary/aromatic N) is 2. The predicted molar refractivity (Wildman–Crippen MR) is 257 cm³/mol. The lowest BCUT2D eigenvalue weighted by molar-refractivity contribution is 0.563. The van der Waals surface area contributed by atoms with Gasteiger partial charge in [0.2, 0.25) is 0 Å². The topological polar surface area (TPSA) is 24.7 Å². The zero-order chi connectivity index (χ0) is 41.1. The van der Waals surface area contributed by atoms with Gasteiger partial charge in [-0.3, -0.25) is 0 Å². The van der Waals surface area contributed by atoms with E-state index in [1.807, 2.05) is 24.4 Å². The molecule has 0 fully saturated rings. The molecule has 0 saturated carbocycles. The summed E-state index contributed by atoms with van der Waals surface area (Å²) >= 11 is 0. The average molecular weight is 781 g/mol. The van der Waals surface area contributed by atoms with Gasteiger partial charge in [0, 0.05) is 22.8 Å². The molecule has 0 amide bonds. The lowest BCUT2D eigenvalue weighted by Crippen LogP contribution is -2.40. The third-order valence-corrected chi connectivity index (χ3v) is 13.2. The molecule has 0 aromatic heterocycles. The Kier molecular flexibility index (Phi) is 8.65. The van der Waals surface area contributed by atoms with Crippen molar-refractivity contribution < 1.29 is 0 Å². The summed E-state index contributed by atoms with van der Waals surface area (Å²) in [6.45, 7) is 6.81. The van der Waals surface area contributed by atoms with Gasteiger partial charge in [-0.15, -0.1) is 0 Å². The van der Waals surface area contributed by atoms with Gasteiger partial charge in [-0.25, -0.2) is 9.98 Å². The Hall–Kier alpha value is -7.42. The molecular formula is C59H44N2. The van der Waals surface area contributed by atoms with Crippen molar-refractivity contribution in [3.8, 4) is 22.3 Å². The Labute approximate surface area is 358 Å². The number of fused-ring (bicyclic) bond motifs is 12. The van der Waals surface area contributed by atoms with Crippen molar-refractivity contribution in [3.63, 3.8) is 0 Å². The molecule has 290 valence electrons. The molecule has 1 spiro atoms. The van der Waals surface area contributed by atoms with Crippen molar-refractivity contribution in [1.82, 2.24) is 0 Å². The maximum atomic E-state index is 5.37. The summed E-state index contributed by atoms with van der Waals surface area (Å²) in [6.07, 6.45) is 4.01. The van der Waals surface area contributed by atoms with Gasteiger partial charge in [0.15, 0.2) is 5.84 Å². The minimum absolute atomic E-state index is 0.148. The van der Waals surface area contributed by atoms with Crippen LogP contribution in [0.15, 0.2) is 216 Å². The minimum Gasteiger partial charge on any atom is -0.236 e. The molecular weight excluding hydrogens is 737 g/mol. The lowest BCUT2D eigenvalue weighted by atomic mass is 9.55. The van der Waals surface area contributed by atoms with Crippen molar-refractivity contribution >= 4 is 39.3 Å². The molecule has 0 N–H and O–H groups in total. The highest BCUT2D eigenvalue weighted by Crippen LogP contribution is 2.63. The second-order valence-electron chi connectivity index (χ2n) is 16.8. The van der Waals surface area contributed by atoms with E-state index < -0.39 is 5.41 Å². The van der Waals surface area contributed by atoms with Gasteiger partial charge < -0.3 is 0 Å². The first kappa shape index (κ1) is 36.6. The molecule has 9 aromatic rings. The first-order valence-electron chi connectivity index (χ1n) is 21.3. The SMILES string of the molecule is C/C=C(/N=C(\N=C\c1ccccc1)c1cccc(-c2cccc3c2-c2ccccc2C32c3ccccc3C(C)(C)c3ccccc32)c1)c1ccc2c(ccc3ccccc32)c1. The highest BCUT2D eigenvalue weighted by molar-refractivity contribution is 6.10. The van der Waals surface area contributed by atoms with Crippen LogP contribution in [0.5, 0.6) is 0 Å². The number of amidine groups is 1. The van der Waals surface area contributed by atoms with E-state index in [-0.39, 0.29) is 5.41 Å². The zero-order valence-electron chi connectivity index (χ0n) is 34.6. The summed E-state index contributed by atoms with van der Waals surface area (Å²) in [6, 6.07) is 73.0. The largest absolute Gasteiger partial charge is 0.236 e. The van der Waals surface area contributed by atoms with E-state index in [0.717, 1.165) is 28.0 Å². The van der Waals surface area contributed by atoms with E-state index in [4.69, 9.17) is 9.98 Å². The Morgan fingerprint density at radius 2 is 1.07 bits per heavy atom. The smallest absolute Gasteiger partial charge is 0.159 e. The third-order valence-electron chi connectivity index (χ3n) is 13.2. The number of aliphatic imine (C=N–C) groups is 2. The van der Waals surface area contributed by atoms with Crippen LogP contribution < -0.4 is 0 Å². The van der Waals surface area contributed by atoms with E-state index in [1.54, 1.807) is 0 Å². The molecule has 0 heterocycles. The molecule has 0 bridgehead atoms. The van der Waals surface area contributed by atoms with Crippen LogP contribution in [0.2, 0.25) is 0 Å². The molecule has 0 unspecified atom stereocenters. The highest BCUT2D eigenvalue weighted by atomic mass is 14.9. The predicted octanol–water partition coefficient (Wildman–Crippen LogP) is 14.6. The first-order valence-corrected chi connectivity index (χ1v) is 21.3. The summed E-state index contributed by atoms with van der Waals surface area (Å²) in [7, 11) is 0. The van der Waals surface area contributed by atoms with Gasteiger partial charge in [0.25, 0.3) is 0 Å². The highest BCUT2D eigenvalue weighted by Gasteiger charge is 2.53. The second-order valence-corrected chi connectivity index (χ2v) is 16.8. The molecule has 0 aliphatic heterocycles. The molecule has 0 radical (unpaired) electrons.